The lowest BCUT2D eigenvalue weighted by Gasteiger charge is -2.13. The van der Waals surface area contributed by atoms with Crippen LogP contribution in [0.1, 0.15) is 45.7 Å². The molecule has 5 heteroatoms. The number of amides is 1. The summed E-state index contributed by atoms with van der Waals surface area (Å²) in [7, 11) is 0. The summed E-state index contributed by atoms with van der Waals surface area (Å²) >= 11 is 0. The van der Waals surface area contributed by atoms with Gasteiger partial charge in [0.1, 0.15) is 11.6 Å². The van der Waals surface area contributed by atoms with Crippen molar-refractivity contribution in [3.63, 3.8) is 0 Å². The predicted molar refractivity (Wildman–Crippen MR) is 138 cm³/mol. The molecule has 0 saturated heterocycles. The van der Waals surface area contributed by atoms with Crippen LogP contribution in [-0.4, -0.2) is 28.6 Å². The van der Waals surface area contributed by atoms with Gasteiger partial charge in [0.2, 0.25) is 0 Å². The second-order valence-electron chi connectivity index (χ2n) is 8.80. The number of carbonyl (C=O) groups excluding carboxylic acids is 1. The first kappa shape index (κ1) is 23.6. The van der Waals surface area contributed by atoms with Crippen LogP contribution in [0.4, 0.5) is 0 Å². The molecule has 0 spiro atoms. The Kier molecular flexibility index (Phi) is 7.63. The van der Waals surface area contributed by atoms with Crippen molar-refractivity contribution in [2.24, 2.45) is 0 Å². The van der Waals surface area contributed by atoms with E-state index in [0.717, 1.165) is 54.0 Å². The molecule has 0 aliphatic carbocycles. The summed E-state index contributed by atoms with van der Waals surface area (Å²) in [5.41, 5.74) is 6.39. The van der Waals surface area contributed by atoms with Crippen molar-refractivity contribution in [3.05, 3.63) is 94.8 Å². The number of fused-ring (bicyclic) bond motifs is 1. The van der Waals surface area contributed by atoms with Gasteiger partial charge >= 0.3 is 0 Å². The van der Waals surface area contributed by atoms with Crippen molar-refractivity contribution in [2.45, 2.75) is 46.6 Å². The maximum Gasteiger partial charge on any atom is 0.251 e. The zero-order valence-corrected chi connectivity index (χ0v) is 20.3. The topological polar surface area (TPSA) is 56.2 Å². The van der Waals surface area contributed by atoms with Crippen molar-refractivity contribution >= 4 is 16.9 Å². The fraction of sp³-hybridized carbons (Fsp3) is 0.310. The van der Waals surface area contributed by atoms with Crippen molar-refractivity contribution in [3.8, 4) is 5.75 Å². The SMILES string of the molecule is Cc1cccc(C(=O)NCCCc2nc3ccccc3n2CCCOc2cccc(C)c2C)c1. The average Bonchev–Trinajstić information content (AvgIpc) is 3.19. The first-order valence-electron chi connectivity index (χ1n) is 12.0. The number of aryl methyl sites for hydroxylation is 4. The molecule has 3 aromatic carbocycles. The number of aromatic nitrogens is 2. The van der Waals surface area contributed by atoms with Crippen LogP contribution in [-0.2, 0) is 13.0 Å². The van der Waals surface area contributed by atoms with E-state index in [-0.39, 0.29) is 5.91 Å². The normalized spacial score (nSPS) is 11.0. The number of hydrogen-bond acceptors (Lipinski definition) is 3. The molecule has 0 unspecified atom stereocenters. The molecule has 4 aromatic rings. The first-order valence-corrected chi connectivity index (χ1v) is 12.0. The molecular formula is C29H33N3O2. The maximum absolute atomic E-state index is 12.4. The summed E-state index contributed by atoms with van der Waals surface area (Å²) in [5.74, 6) is 1.98. The average molecular weight is 456 g/mol. The van der Waals surface area contributed by atoms with E-state index in [1.54, 1.807) is 0 Å². The summed E-state index contributed by atoms with van der Waals surface area (Å²) in [5, 5.41) is 3.03. The smallest absolute Gasteiger partial charge is 0.251 e. The van der Waals surface area contributed by atoms with Crippen LogP contribution < -0.4 is 10.1 Å². The Balaban J connectivity index is 1.34. The van der Waals surface area contributed by atoms with E-state index in [9.17, 15) is 4.79 Å². The molecule has 5 nitrogen and oxygen atoms in total. The second kappa shape index (κ2) is 11.0. The van der Waals surface area contributed by atoms with Crippen molar-refractivity contribution in [1.29, 1.82) is 0 Å². The predicted octanol–water partition coefficient (Wildman–Crippen LogP) is 5.79. The van der Waals surface area contributed by atoms with Crippen LogP contribution in [0.2, 0.25) is 0 Å². The van der Waals surface area contributed by atoms with Crippen LogP contribution in [0.5, 0.6) is 5.75 Å². The van der Waals surface area contributed by atoms with Gasteiger partial charge in [-0.2, -0.15) is 0 Å². The molecular weight excluding hydrogens is 422 g/mol. The van der Waals surface area contributed by atoms with Gasteiger partial charge in [0.25, 0.3) is 5.91 Å². The van der Waals surface area contributed by atoms with Gasteiger partial charge in [0.05, 0.1) is 17.6 Å². The van der Waals surface area contributed by atoms with Gasteiger partial charge in [-0.05, 0) is 75.1 Å². The Morgan fingerprint density at radius 3 is 2.65 bits per heavy atom. The van der Waals surface area contributed by atoms with E-state index >= 15 is 0 Å². The number of nitrogens with zero attached hydrogens (tertiary/aromatic N) is 2. The molecule has 0 radical (unpaired) electrons. The van der Waals surface area contributed by atoms with E-state index in [1.807, 2.05) is 49.4 Å². The van der Waals surface area contributed by atoms with Crippen molar-refractivity contribution in [2.75, 3.05) is 13.2 Å². The molecule has 0 fully saturated rings. The number of benzene rings is 3. The van der Waals surface area contributed by atoms with E-state index in [1.165, 1.54) is 11.1 Å². The molecule has 176 valence electrons. The van der Waals surface area contributed by atoms with Gasteiger partial charge in [-0.3, -0.25) is 4.79 Å². The van der Waals surface area contributed by atoms with E-state index in [2.05, 4.69) is 48.0 Å². The largest absolute Gasteiger partial charge is 0.493 e. The molecule has 34 heavy (non-hydrogen) atoms. The number of para-hydroxylation sites is 2. The van der Waals surface area contributed by atoms with Gasteiger partial charge in [0.15, 0.2) is 0 Å². The Morgan fingerprint density at radius 2 is 1.79 bits per heavy atom. The minimum Gasteiger partial charge on any atom is -0.493 e. The molecule has 0 saturated carbocycles. The fourth-order valence-corrected chi connectivity index (χ4v) is 4.19. The zero-order chi connectivity index (χ0) is 23.9. The van der Waals surface area contributed by atoms with Gasteiger partial charge in [-0.15, -0.1) is 0 Å². The van der Waals surface area contributed by atoms with E-state index in [4.69, 9.17) is 9.72 Å². The lowest BCUT2D eigenvalue weighted by Crippen LogP contribution is -2.25. The molecule has 0 bridgehead atoms. The van der Waals surface area contributed by atoms with E-state index < -0.39 is 0 Å². The molecule has 0 aliphatic heterocycles. The van der Waals surface area contributed by atoms with Gasteiger partial charge in [0, 0.05) is 25.1 Å². The summed E-state index contributed by atoms with van der Waals surface area (Å²) in [6, 6.07) is 22.1. The quantitative estimate of drug-likeness (QED) is 0.308. The van der Waals surface area contributed by atoms with Gasteiger partial charge in [-0.25, -0.2) is 4.98 Å². The second-order valence-corrected chi connectivity index (χ2v) is 8.80. The standard InChI is InChI=1S/C29H33N3O2/c1-21-10-6-12-24(20-21)29(33)30-17-8-16-28-31-25-13-4-5-14-26(25)32(28)18-9-19-34-27-15-7-11-22(2)23(27)3/h4-7,10-15,20H,8-9,16-19H2,1-3H3,(H,30,33). The van der Waals surface area contributed by atoms with Crippen molar-refractivity contribution < 1.29 is 9.53 Å². The lowest BCUT2D eigenvalue weighted by molar-refractivity contribution is 0.0953. The van der Waals surface area contributed by atoms with Crippen molar-refractivity contribution in [1.82, 2.24) is 14.9 Å². The monoisotopic (exact) mass is 455 g/mol. The molecule has 1 amide bonds. The summed E-state index contributed by atoms with van der Waals surface area (Å²) in [6.07, 6.45) is 2.53. The van der Waals surface area contributed by atoms with Crippen LogP contribution in [0, 0.1) is 20.8 Å². The summed E-state index contributed by atoms with van der Waals surface area (Å²) in [4.78, 5) is 17.3. The Labute approximate surface area is 201 Å². The third-order valence-corrected chi connectivity index (χ3v) is 6.22. The van der Waals surface area contributed by atoms with Gasteiger partial charge in [-0.1, -0.05) is 42.0 Å². The third-order valence-electron chi connectivity index (χ3n) is 6.22. The van der Waals surface area contributed by atoms with Crippen LogP contribution >= 0.6 is 0 Å². The highest BCUT2D eigenvalue weighted by atomic mass is 16.5. The molecule has 1 N–H and O–H groups in total. The molecule has 0 aliphatic rings. The number of ether oxygens (including phenoxy) is 1. The minimum absolute atomic E-state index is 0.0270. The van der Waals surface area contributed by atoms with Gasteiger partial charge < -0.3 is 14.6 Å². The summed E-state index contributed by atoms with van der Waals surface area (Å²) < 4.78 is 8.36. The number of carbonyl (C=O) groups is 1. The number of nitrogens with one attached hydrogen (secondary N) is 1. The highest BCUT2D eigenvalue weighted by molar-refractivity contribution is 5.94. The number of rotatable bonds is 10. The van der Waals surface area contributed by atoms with Crippen LogP contribution in [0.3, 0.4) is 0 Å². The highest BCUT2D eigenvalue weighted by Gasteiger charge is 2.11. The summed E-state index contributed by atoms with van der Waals surface area (Å²) in [6.45, 7) is 8.32. The molecule has 1 aromatic heterocycles. The van der Waals surface area contributed by atoms with Crippen LogP contribution in [0.25, 0.3) is 11.0 Å². The Morgan fingerprint density at radius 1 is 0.971 bits per heavy atom. The highest BCUT2D eigenvalue weighted by Crippen LogP contribution is 2.21. The van der Waals surface area contributed by atoms with Crippen LogP contribution in [0.15, 0.2) is 66.7 Å². The molecule has 1 heterocycles. The number of imidazole rings is 1. The fourth-order valence-electron chi connectivity index (χ4n) is 4.19. The molecule has 0 atom stereocenters. The lowest BCUT2D eigenvalue weighted by atomic mass is 10.1. The van der Waals surface area contributed by atoms with E-state index in [0.29, 0.717) is 18.7 Å². The Hall–Kier alpha value is -3.60. The molecule has 4 rings (SSSR count). The maximum atomic E-state index is 12.4. The first-order chi connectivity index (χ1) is 16.5. The minimum atomic E-state index is -0.0270. The Bertz CT molecular complexity index is 1280. The third kappa shape index (κ3) is 5.66. The zero-order valence-electron chi connectivity index (χ0n) is 20.3. The number of hydrogen-bond donors (Lipinski definition) is 1.